The SMILES string of the molecule is C=N/C=C(\C=N/CC(=C)/N=C\C=C/C)CN(C)c1cc(C)ccc1C. The average Bonchev–Trinajstić information content (AvgIpc) is 2.57. The van der Waals surface area contributed by atoms with Crippen LogP contribution in [-0.2, 0) is 0 Å². The van der Waals surface area contributed by atoms with E-state index >= 15 is 0 Å². The lowest BCUT2D eigenvalue weighted by atomic mass is 10.1. The molecule has 1 rings (SSSR count). The fourth-order valence-electron chi connectivity index (χ4n) is 2.27. The predicted molar refractivity (Wildman–Crippen MR) is 113 cm³/mol. The van der Waals surface area contributed by atoms with Crippen LogP contribution in [0.15, 0.2) is 69.4 Å². The third-order valence-electron chi connectivity index (χ3n) is 3.52. The van der Waals surface area contributed by atoms with Crippen molar-refractivity contribution in [2.75, 3.05) is 25.0 Å². The van der Waals surface area contributed by atoms with Gasteiger partial charge < -0.3 is 4.90 Å². The van der Waals surface area contributed by atoms with E-state index in [9.17, 15) is 0 Å². The van der Waals surface area contributed by atoms with E-state index in [0.29, 0.717) is 18.8 Å². The first kappa shape index (κ1) is 20.3. The van der Waals surface area contributed by atoms with Gasteiger partial charge in [0.05, 0.1) is 12.2 Å². The van der Waals surface area contributed by atoms with Crippen LogP contribution in [0.1, 0.15) is 18.1 Å². The van der Waals surface area contributed by atoms with Gasteiger partial charge in [0.1, 0.15) is 0 Å². The van der Waals surface area contributed by atoms with E-state index in [2.05, 4.69) is 72.3 Å². The number of nitrogens with zero attached hydrogens (tertiary/aromatic N) is 4. The zero-order valence-corrected chi connectivity index (χ0v) is 15.7. The van der Waals surface area contributed by atoms with Gasteiger partial charge >= 0.3 is 0 Å². The van der Waals surface area contributed by atoms with Crippen LogP contribution in [0.2, 0.25) is 0 Å². The molecular formula is C21H28N4. The highest BCUT2D eigenvalue weighted by molar-refractivity contribution is 5.80. The first-order valence-electron chi connectivity index (χ1n) is 8.24. The summed E-state index contributed by atoms with van der Waals surface area (Å²) in [5.41, 5.74) is 5.36. The predicted octanol–water partition coefficient (Wildman–Crippen LogP) is 4.56. The lowest BCUT2D eigenvalue weighted by Crippen LogP contribution is -2.21. The Balaban J connectivity index is 2.75. The summed E-state index contributed by atoms with van der Waals surface area (Å²) in [7, 11) is 2.06. The van der Waals surface area contributed by atoms with Gasteiger partial charge in [-0.2, -0.15) is 0 Å². The van der Waals surface area contributed by atoms with Crippen LogP contribution in [0.3, 0.4) is 0 Å². The monoisotopic (exact) mass is 336 g/mol. The highest BCUT2D eigenvalue weighted by atomic mass is 15.1. The lowest BCUT2D eigenvalue weighted by molar-refractivity contribution is 0.996. The summed E-state index contributed by atoms with van der Waals surface area (Å²) in [6.45, 7) is 14.7. The molecule has 0 saturated carbocycles. The van der Waals surface area contributed by atoms with E-state index in [1.165, 1.54) is 16.8 Å². The maximum Gasteiger partial charge on any atom is 0.0805 e. The zero-order chi connectivity index (χ0) is 18.7. The van der Waals surface area contributed by atoms with Gasteiger partial charge in [-0.3, -0.25) is 15.0 Å². The van der Waals surface area contributed by atoms with Gasteiger partial charge in [0.2, 0.25) is 0 Å². The highest BCUT2D eigenvalue weighted by Crippen LogP contribution is 2.20. The molecule has 0 heterocycles. The molecule has 0 fully saturated rings. The van der Waals surface area contributed by atoms with Crippen LogP contribution in [-0.4, -0.2) is 39.3 Å². The van der Waals surface area contributed by atoms with E-state index < -0.39 is 0 Å². The van der Waals surface area contributed by atoms with Gasteiger partial charge in [0.15, 0.2) is 0 Å². The molecule has 0 unspecified atom stereocenters. The second-order valence-corrected chi connectivity index (χ2v) is 5.87. The molecule has 0 N–H and O–H groups in total. The first-order valence-corrected chi connectivity index (χ1v) is 8.24. The maximum atomic E-state index is 4.41. The van der Waals surface area contributed by atoms with Gasteiger partial charge in [-0.1, -0.05) is 24.8 Å². The fraction of sp³-hybridized carbons (Fsp3) is 0.286. The summed E-state index contributed by atoms with van der Waals surface area (Å²) in [4.78, 5) is 14.7. The molecule has 1 aromatic rings. The molecule has 0 atom stereocenters. The fourth-order valence-corrected chi connectivity index (χ4v) is 2.27. The van der Waals surface area contributed by atoms with Crippen LogP contribution >= 0.6 is 0 Å². The average molecular weight is 336 g/mol. The van der Waals surface area contributed by atoms with Crippen molar-refractivity contribution in [1.82, 2.24) is 0 Å². The Morgan fingerprint density at radius 3 is 2.72 bits per heavy atom. The highest BCUT2D eigenvalue weighted by Gasteiger charge is 2.06. The van der Waals surface area contributed by atoms with Crippen molar-refractivity contribution in [3.05, 3.63) is 65.5 Å². The van der Waals surface area contributed by atoms with Crippen LogP contribution in [0.4, 0.5) is 5.69 Å². The Morgan fingerprint density at radius 1 is 1.28 bits per heavy atom. The number of hydrogen-bond donors (Lipinski definition) is 0. The van der Waals surface area contributed by atoms with Crippen molar-refractivity contribution in [2.45, 2.75) is 20.8 Å². The number of allylic oxidation sites excluding steroid dienone is 2. The van der Waals surface area contributed by atoms with Gasteiger partial charge in [-0.05, 0) is 50.8 Å². The minimum absolute atomic E-state index is 0.454. The minimum Gasteiger partial charge on any atom is -0.370 e. The molecule has 0 aliphatic heterocycles. The van der Waals surface area contributed by atoms with Crippen molar-refractivity contribution in [2.24, 2.45) is 15.0 Å². The molecule has 0 radical (unpaired) electrons. The number of benzene rings is 1. The molecule has 0 spiro atoms. The summed E-state index contributed by atoms with van der Waals surface area (Å²) in [5, 5.41) is 0. The van der Waals surface area contributed by atoms with Gasteiger partial charge in [0, 0.05) is 43.5 Å². The van der Waals surface area contributed by atoms with Gasteiger partial charge in [-0.15, -0.1) is 0 Å². The number of aliphatic imine (C=N–C) groups is 3. The topological polar surface area (TPSA) is 40.3 Å². The molecule has 4 nitrogen and oxygen atoms in total. The Kier molecular flexibility index (Phi) is 8.86. The number of rotatable bonds is 9. The summed E-state index contributed by atoms with van der Waals surface area (Å²) < 4.78 is 0. The van der Waals surface area contributed by atoms with E-state index in [4.69, 9.17) is 0 Å². The minimum atomic E-state index is 0.454. The second kappa shape index (κ2) is 10.9. The molecule has 0 aliphatic rings. The zero-order valence-electron chi connectivity index (χ0n) is 15.7. The van der Waals surface area contributed by atoms with Crippen LogP contribution in [0.25, 0.3) is 0 Å². The second-order valence-electron chi connectivity index (χ2n) is 5.87. The molecule has 25 heavy (non-hydrogen) atoms. The van der Waals surface area contributed by atoms with E-state index in [0.717, 1.165) is 5.57 Å². The van der Waals surface area contributed by atoms with E-state index in [1.54, 1.807) is 12.4 Å². The lowest BCUT2D eigenvalue weighted by Gasteiger charge is -2.22. The largest absolute Gasteiger partial charge is 0.370 e. The van der Waals surface area contributed by atoms with Gasteiger partial charge in [-0.25, -0.2) is 0 Å². The first-order chi connectivity index (χ1) is 12.0. The van der Waals surface area contributed by atoms with Crippen molar-refractivity contribution >= 4 is 24.8 Å². The molecule has 0 saturated heterocycles. The quantitative estimate of drug-likeness (QED) is 0.610. The van der Waals surface area contributed by atoms with E-state index in [-0.39, 0.29) is 0 Å². The van der Waals surface area contributed by atoms with Crippen molar-refractivity contribution < 1.29 is 0 Å². The normalized spacial score (nSPS) is 12.4. The smallest absolute Gasteiger partial charge is 0.0805 e. The standard InChI is InChI=1S/C21H28N4/c1-7-8-11-24-19(4)13-23-15-20(14-22-5)16-25(6)21-12-17(2)9-10-18(21)3/h7-12,14-15H,4-5,13,16H2,1-3,6H3/b8-7-,20-14+,23-15-,24-11-. The molecule has 0 bridgehead atoms. The molecule has 1 aromatic carbocycles. The third-order valence-corrected chi connectivity index (χ3v) is 3.52. The Bertz CT molecular complexity index is 709. The maximum absolute atomic E-state index is 4.41. The molecule has 0 aromatic heterocycles. The number of hydrogen-bond acceptors (Lipinski definition) is 4. The Labute approximate surface area is 151 Å². The van der Waals surface area contributed by atoms with Crippen LogP contribution in [0, 0.1) is 13.8 Å². The summed E-state index contributed by atoms with van der Waals surface area (Å²) in [6.07, 6.45) is 9.04. The van der Waals surface area contributed by atoms with Crippen molar-refractivity contribution in [3.8, 4) is 0 Å². The Morgan fingerprint density at radius 2 is 2.04 bits per heavy atom. The van der Waals surface area contributed by atoms with Crippen molar-refractivity contribution in [1.29, 1.82) is 0 Å². The van der Waals surface area contributed by atoms with Crippen molar-refractivity contribution in [3.63, 3.8) is 0 Å². The molecule has 132 valence electrons. The molecule has 0 aliphatic carbocycles. The molecule has 0 amide bonds. The third kappa shape index (κ3) is 7.57. The number of aryl methyl sites for hydroxylation is 2. The van der Waals surface area contributed by atoms with E-state index in [1.807, 2.05) is 25.3 Å². The summed E-state index contributed by atoms with van der Waals surface area (Å²) in [5.74, 6) is 0. The van der Waals surface area contributed by atoms with Crippen LogP contribution < -0.4 is 4.90 Å². The summed E-state index contributed by atoms with van der Waals surface area (Å²) >= 11 is 0. The number of likely N-dealkylation sites (N-methyl/N-ethyl adjacent to an activating group) is 1. The van der Waals surface area contributed by atoms with Gasteiger partial charge in [0.25, 0.3) is 0 Å². The summed E-state index contributed by atoms with van der Waals surface area (Å²) in [6, 6.07) is 6.44. The molecular weight excluding hydrogens is 308 g/mol. The Hall–Kier alpha value is -2.75. The molecule has 4 heteroatoms. The van der Waals surface area contributed by atoms with Crippen LogP contribution in [0.5, 0.6) is 0 Å². The number of anilines is 1.